The largest absolute Gasteiger partial charge is 0.289 e. The van der Waals surface area contributed by atoms with Crippen LogP contribution in [0, 0.1) is 6.92 Å². The van der Waals surface area contributed by atoms with Crippen LogP contribution < -0.4 is 4.90 Å². The maximum Gasteiger partial charge on any atom is 0.260 e. The summed E-state index contributed by atoms with van der Waals surface area (Å²) >= 11 is 0. The first-order chi connectivity index (χ1) is 13.1. The lowest BCUT2D eigenvalue weighted by Crippen LogP contribution is -2.36. The predicted octanol–water partition coefficient (Wildman–Crippen LogP) is 4.02. The Hall–Kier alpha value is -3.47. The molecule has 132 valence electrons. The monoisotopic (exact) mass is 355 g/mol. The molecule has 0 aliphatic carbocycles. The number of Topliss-reactive ketones (excluding diaryl/α,β-unsaturated/α-hetero) is 1. The summed E-state index contributed by atoms with van der Waals surface area (Å²) in [5, 5.41) is 4.53. The number of fused-ring (bicyclic) bond motifs is 5. The summed E-state index contributed by atoms with van der Waals surface area (Å²) in [5.74, 6) is 0.537. The minimum absolute atomic E-state index is 0.0774. The van der Waals surface area contributed by atoms with Crippen LogP contribution in [-0.4, -0.2) is 21.5 Å². The fourth-order valence-corrected chi connectivity index (χ4v) is 4.09. The number of aromatic nitrogens is 2. The van der Waals surface area contributed by atoms with Crippen molar-refractivity contribution >= 4 is 23.2 Å². The number of carbonyl (C=O) groups excluding carboxylic acids is 2. The molecule has 1 atom stereocenters. The molecular weight excluding hydrogens is 338 g/mol. The van der Waals surface area contributed by atoms with Crippen LogP contribution in [0.1, 0.15) is 44.9 Å². The first-order valence-corrected chi connectivity index (χ1v) is 8.88. The third-order valence-corrected chi connectivity index (χ3v) is 5.28. The molecule has 1 amide bonds. The summed E-state index contributed by atoms with van der Waals surface area (Å²) in [5.41, 5.74) is 4.27. The highest BCUT2D eigenvalue weighted by Crippen LogP contribution is 2.47. The summed E-state index contributed by atoms with van der Waals surface area (Å²) in [4.78, 5) is 28.3. The highest BCUT2D eigenvalue weighted by atomic mass is 16.2. The predicted molar refractivity (Wildman–Crippen MR) is 103 cm³/mol. The molecule has 0 spiro atoms. The molecule has 0 saturated carbocycles. The average Bonchev–Trinajstić information content (AvgIpc) is 3.21. The molecule has 0 fully saturated rings. The van der Waals surface area contributed by atoms with Crippen LogP contribution in [0.2, 0.25) is 0 Å². The maximum atomic E-state index is 13.4. The fourth-order valence-electron chi connectivity index (χ4n) is 4.09. The van der Waals surface area contributed by atoms with Gasteiger partial charge in [-0.15, -0.1) is 0 Å². The van der Waals surface area contributed by atoms with E-state index in [9.17, 15) is 9.59 Å². The van der Waals surface area contributed by atoms with Gasteiger partial charge >= 0.3 is 0 Å². The van der Waals surface area contributed by atoms with Gasteiger partial charge in [-0.2, -0.15) is 5.10 Å². The topological polar surface area (TPSA) is 55.2 Å². The number of allylic oxidation sites excluding steroid dienone is 1. The zero-order valence-corrected chi connectivity index (χ0v) is 15.0. The van der Waals surface area contributed by atoms with Crippen molar-refractivity contribution in [1.29, 1.82) is 0 Å². The van der Waals surface area contributed by atoms with Crippen molar-refractivity contribution in [2.45, 2.75) is 19.9 Å². The van der Waals surface area contributed by atoms with Crippen molar-refractivity contribution in [3.05, 3.63) is 88.6 Å². The summed E-state index contributed by atoms with van der Waals surface area (Å²) in [6.45, 7) is 3.79. The van der Waals surface area contributed by atoms with Gasteiger partial charge in [-0.05, 0) is 25.5 Å². The van der Waals surface area contributed by atoms with Gasteiger partial charge in [0.1, 0.15) is 5.82 Å². The number of hydrogen-bond donors (Lipinski definition) is 0. The third kappa shape index (κ3) is 2.08. The van der Waals surface area contributed by atoms with Gasteiger partial charge in [-0.25, -0.2) is 4.68 Å². The number of hydrogen-bond acceptors (Lipinski definition) is 3. The Morgan fingerprint density at radius 3 is 2.48 bits per heavy atom. The molecule has 2 aliphatic heterocycles. The number of benzene rings is 2. The number of carbonyl (C=O) groups is 2. The number of anilines is 1. The molecule has 0 N–H and O–H groups in total. The molecule has 5 heteroatoms. The minimum atomic E-state index is -0.426. The molecule has 1 unspecified atom stereocenters. The van der Waals surface area contributed by atoms with Crippen molar-refractivity contribution in [3.63, 3.8) is 0 Å². The van der Waals surface area contributed by atoms with Crippen LogP contribution in [0.3, 0.4) is 0 Å². The number of ketones is 1. The Balaban J connectivity index is 1.80. The second-order valence-corrected chi connectivity index (χ2v) is 6.91. The first-order valence-electron chi connectivity index (χ1n) is 8.88. The standard InChI is InChI=1S/C22H17N3O2/c1-13-12-18-24-20(16-10-6-7-11-17(16)22(24)27)19(14(2)25(18)23-13)21(26)15-8-4-3-5-9-15/h3-12,20H,1-2H3. The highest BCUT2D eigenvalue weighted by Gasteiger charge is 2.46. The van der Waals surface area contributed by atoms with E-state index in [4.69, 9.17) is 0 Å². The van der Waals surface area contributed by atoms with Crippen molar-refractivity contribution in [1.82, 2.24) is 9.78 Å². The molecule has 3 heterocycles. The quantitative estimate of drug-likeness (QED) is 0.653. The lowest BCUT2D eigenvalue weighted by Gasteiger charge is -2.33. The van der Waals surface area contributed by atoms with E-state index in [1.807, 2.05) is 62.4 Å². The van der Waals surface area contributed by atoms with E-state index in [2.05, 4.69) is 5.10 Å². The van der Waals surface area contributed by atoms with Crippen LogP contribution in [0.25, 0.3) is 5.70 Å². The molecule has 2 aliphatic rings. The van der Waals surface area contributed by atoms with Gasteiger partial charge in [0.25, 0.3) is 5.91 Å². The van der Waals surface area contributed by atoms with E-state index in [1.165, 1.54) is 0 Å². The molecule has 5 rings (SSSR count). The zero-order chi connectivity index (χ0) is 18.7. The van der Waals surface area contributed by atoms with Gasteiger partial charge < -0.3 is 0 Å². The van der Waals surface area contributed by atoms with Crippen LogP contribution in [0.5, 0.6) is 0 Å². The molecule has 1 aromatic heterocycles. The lowest BCUT2D eigenvalue weighted by atomic mass is 9.89. The maximum absolute atomic E-state index is 13.4. The number of aryl methyl sites for hydroxylation is 1. The summed E-state index contributed by atoms with van der Waals surface area (Å²) in [6, 6.07) is 18.2. The molecule has 0 saturated heterocycles. The molecular formula is C22H17N3O2. The second-order valence-electron chi connectivity index (χ2n) is 6.91. The normalized spacial score (nSPS) is 17.6. The molecule has 5 nitrogen and oxygen atoms in total. The Kier molecular flexibility index (Phi) is 3.22. The Labute approximate surface area is 156 Å². The van der Waals surface area contributed by atoms with E-state index in [0.29, 0.717) is 22.5 Å². The average molecular weight is 355 g/mol. The molecule has 0 radical (unpaired) electrons. The van der Waals surface area contributed by atoms with Gasteiger partial charge in [-0.1, -0.05) is 48.5 Å². The summed E-state index contributed by atoms with van der Waals surface area (Å²) < 4.78 is 1.71. The van der Waals surface area contributed by atoms with Gasteiger partial charge in [0.2, 0.25) is 0 Å². The fraction of sp³-hybridized carbons (Fsp3) is 0.136. The van der Waals surface area contributed by atoms with Gasteiger partial charge in [0.15, 0.2) is 5.78 Å². The zero-order valence-electron chi connectivity index (χ0n) is 15.0. The van der Waals surface area contributed by atoms with E-state index >= 15 is 0 Å². The number of nitrogens with zero attached hydrogens (tertiary/aromatic N) is 3. The Bertz CT molecular complexity index is 1140. The van der Waals surface area contributed by atoms with E-state index < -0.39 is 6.04 Å². The van der Waals surface area contributed by atoms with Crippen molar-refractivity contribution < 1.29 is 9.59 Å². The molecule has 0 bridgehead atoms. The van der Waals surface area contributed by atoms with Gasteiger partial charge in [-0.3, -0.25) is 14.5 Å². The Morgan fingerprint density at radius 2 is 1.70 bits per heavy atom. The van der Waals surface area contributed by atoms with Crippen molar-refractivity contribution in [2.24, 2.45) is 0 Å². The highest BCUT2D eigenvalue weighted by molar-refractivity contribution is 6.19. The molecule has 3 aromatic rings. The van der Waals surface area contributed by atoms with Crippen LogP contribution in [0.15, 0.2) is 66.2 Å². The molecule has 27 heavy (non-hydrogen) atoms. The molecule has 2 aromatic carbocycles. The SMILES string of the molecule is CC1=C(C(=O)c2ccccc2)C2c3ccccc3C(=O)N2c2cc(C)nn21. The first kappa shape index (κ1) is 15.8. The lowest BCUT2D eigenvalue weighted by molar-refractivity contribution is 0.0987. The van der Waals surface area contributed by atoms with E-state index in [-0.39, 0.29) is 11.7 Å². The number of rotatable bonds is 2. The van der Waals surface area contributed by atoms with E-state index in [0.717, 1.165) is 17.0 Å². The summed E-state index contributed by atoms with van der Waals surface area (Å²) in [6.07, 6.45) is 0. The van der Waals surface area contributed by atoms with E-state index in [1.54, 1.807) is 21.7 Å². The van der Waals surface area contributed by atoms with Crippen LogP contribution >= 0.6 is 0 Å². The minimum Gasteiger partial charge on any atom is -0.289 e. The van der Waals surface area contributed by atoms with Gasteiger partial charge in [0.05, 0.1) is 17.4 Å². The third-order valence-electron chi connectivity index (χ3n) is 5.28. The van der Waals surface area contributed by atoms with Crippen molar-refractivity contribution in [2.75, 3.05) is 4.90 Å². The van der Waals surface area contributed by atoms with Crippen molar-refractivity contribution in [3.8, 4) is 0 Å². The number of amides is 1. The van der Waals surface area contributed by atoms with Crippen LogP contribution in [-0.2, 0) is 0 Å². The Morgan fingerprint density at radius 1 is 1.00 bits per heavy atom. The second kappa shape index (κ2) is 5.51. The van der Waals surface area contributed by atoms with Gasteiger partial charge in [0, 0.05) is 22.8 Å². The smallest absolute Gasteiger partial charge is 0.260 e. The van der Waals surface area contributed by atoms with Crippen LogP contribution in [0.4, 0.5) is 5.82 Å². The summed E-state index contributed by atoms with van der Waals surface area (Å²) in [7, 11) is 0.